The first kappa shape index (κ1) is 19.9. The first-order valence-electron chi connectivity index (χ1n) is 8.93. The van der Waals surface area contributed by atoms with Crippen LogP contribution in [0.5, 0.6) is 0 Å². The van der Waals surface area contributed by atoms with Gasteiger partial charge in [0.05, 0.1) is 18.7 Å². The Hall–Kier alpha value is -0.370. The summed E-state index contributed by atoms with van der Waals surface area (Å²) in [7, 11) is 0. The summed E-state index contributed by atoms with van der Waals surface area (Å²) >= 11 is 2.28. The minimum absolute atomic E-state index is 0.0187. The van der Waals surface area contributed by atoms with Crippen LogP contribution in [0.15, 0.2) is 0 Å². The number of likely N-dealkylation sites (tertiary alicyclic amines) is 1. The van der Waals surface area contributed by atoms with E-state index in [2.05, 4.69) is 36.4 Å². The Morgan fingerprint density at radius 2 is 2.00 bits per heavy atom. The Bertz CT molecular complexity index is 506. The average molecular weight is 450 g/mol. The second-order valence-corrected chi connectivity index (χ2v) is 9.15. The fraction of sp³-hybridized carbons (Fsp3) is 0.889. The number of rotatable bonds is 3. The largest absolute Gasteiger partial charge is 0.354 e. The molecule has 3 atom stereocenters. The van der Waals surface area contributed by atoms with Crippen LogP contribution in [-0.4, -0.2) is 50.6 Å². The van der Waals surface area contributed by atoms with Crippen molar-refractivity contribution in [1.82, 2.24) is 9.80 Å². The van der Waals surface area contributed by atoms with Gasteiger partial charge in [-0.1, -0.05) is 56.7 Å². The normalized spacial score (nSPS) is 30.5. The van der Waals surface area contributed by atoms with Crippen molar-refractivity contribution in [3.63, 3.8) is 0 Å². The molecule has 0 aromatic carbocycles. The molecule has 5 nitrogen and oxygen atoms in total. The van der Waals surface area contributed by atoms with Gasteiger partial charge in [0, 0.05) is 9.84 Å². The molecule has 1 unspecified atom stereocenters. The lowest BCUT2D eigenvalue weighted by Gasteiger charge is -2.45. The number of ether oxygens (including phenoxy) is 1. The number of carbonyl (C=O) groups is 2. The molecule has 0 radical (unpaired) electrons. The maximum atomic E-state index is 13.5. The molecule has 0 spiro atoms. The minimum atomic E-state index is -0.678. The van der Waals surface area contributed by atoms with Gasteiger partial charge in [0.2, 0.25) is 5.91 Å². The zero-order chi connectivity index (χ0) is 18.3. The summed E-state index contributed by atoms with van der Waals surface area (Å²) in [6.07, 6.45) is 2.68. The number of hydrogen-bond donors (Lipinski definition) is 0. The topological polar surface area (TPSA) is 49.9 Å². The molecule has 6 heteroatoms. The van der Waals surface area contributed by atoms with Crippen LogP contribution in [-0.2, 0) is 9.53 Å². The Morgan fingerprint density at radius 1 is 1.38 bits per heavy atom. The van der Waals surface area contributed by atoms with E-state index < -0.39 is 11.1 Å². The highest BCUT2D eigenvalue weighted by Gasteiger charge is 2.51. The first-order chi connectivity index (χ1) is 11.1. The zero-order valence-electron chi connectivity index (χ0n) is 15.8. The summed E-state index contributed by atoms with van der Waals surface area (Å²) in [5, 5.41) is 0. The molecule has 2 heterocycles. The number of urea groups is 1. The van der Waals surface area contributed by atoms with Crippen molar-refractivity contribution in [2.24, 2.45) is 11.3 Å². The summed E-state index contributed by atoms with van der Waals surface area (Å²) in [5.74, 6) is 0.285. The summed E-state index contributed by atoms with van der Waals surface area (Å²) in [6.45, 7) is 12.5. The van der Waals surface area contributed by atoms with Gasteiger partial charge in [-0.25, -0.2) is 4.79 Å². The maximum absolute atomic E-state index is 13.5. The monoisotopic (exact) mass is 450 g/mol. The van der Waals surface area contributed by atoms with Gasteiger partial charge in [-0.2, -0.15) is 0 Å². The van der Waals surface area contributed by atoms with Gasteiger partial charge in [0.1, 0.15) is 5.72 Å². The third-order valence-electron chi connectivity index (χ3n) is 5.68. The molecule has 2 aliphatic rings. The molecule has 0 N–H and O–H groups in total. The van der Waals surface area contributed by atoms with Crippen molar-refractivity contribution in [3.8, 4) is 0 Å². The molecule has 24 heavy (non-hydrogen) atoms. The van der Waals surface area contributed by atoms with E-state index in [0.717, 1.165) is 23.7 Å². The summed E-state index contributed by atoms with van der Waals surface area (Å²) in [4.78, 5) is 29.8. The smallest absolute Gasteiger partial charge is 0.329 e. The van der Waals surface area contributed by atoms with E-state index in [1.165, 1.54) is 4.90 Å². The highest BCUT2D eigenvalue weighted by atomic mass is 127. The molecule has 2 aliphatic heterocycles. The lowest BCUT2D eigenvalue weighted by atomic mass is 9.80. The van der Waals surface area contributed by atoms with E-state index in [-0.39, 0.29) is 24.0 Å². The number of piperidine rings is 1. The number of amides is 3. The van der Waals surface area contributed by atoms with Gasteiger partial charge in [-0.3, -0.25) is 14.6 Å². The molecule has 0 bridgehead atoms. The molecule has 0 aliphatic carbocycles. The fourth-order valence-electron chi connectivity index (χ4n) is 3.66. The van der Waals surface area contributed by atoms with Crippen LogP contribution in [0.3, 0.4) is 0 Å². The van der Waals surface area contributed by atoms with Crippen LogP contribution in [0.1, 0.15) is 60.8 Å². The predicted molar refractivity (Wildman–Crippen MR) is 103 cm³/mol. The van der Waals surface area contributed by atoms with Crippen molar-refractivity contribution < 1.29 is 14.3 Å². The van der Waals surface area contributed by atoms with Crippen LogP contribution in [0, 0.1) is 11.3 Å². The van der Waals surface area contributed by atoms with Crippen LogP contribution < -0.4 is 0 Å². The van der Waals surface area contributed by atoms with Crippen LogP contribution in [0.4, 0.5) is 4.79 Å². The lowest BCUT2D eigenvalue weighted by molar-refractivity contribution is -0.144. The van der Waals surface area contributed by atoms with E-state index in [0.29, 0.717) is 12.5 Å². The molecule has 2 rings (SSSR count). The van der Waals surface area contributed by atoms with Crippen molar-refractivity contribution in [2.75, 3.05) is 11.0 Å². The third-order valence-corrected chi connectivity index (χ3v) is 6.69. The van der Waals surface area contributed by atoms with E-state index in [9.17, 15) is 9.59 Å². The van der Waals surface area contributed by atoms with Gasteiger partial charge in [0.15, 0.2) is 0 Å². The third kappa shape index (κ3) is 3.45. The second-order valence-electron chi connectivity index (χ2n) is 8.27. The number of hydrogen-bond acceptors (Lipinski definition) is 3. The quantitative estimate of drug-likeness (QED) is 0.482. The molecular weight excluding hydrogens is 419 g/mol. The van der Waals surface area contributed by atoms with Crippen LogP contribution in [0.25, 0.3) is 0 Å². The maximum Gasteiger partial charge on any atom is 0.329 e. The van der Waals surface area contributed by atoms with Crippen LogP contribution >= 0.6 is 22.6 Å². The Morgan fingerprint density at radius 3 is 2.54 bits per heavy atom. The number of nitrogens with zero attached hydrogens (tertiary/aromatic N) is 2. The van der Waals surface area contributed by atoms with Gasteiger partial charge >= 0.3 is 6.03 Å². The molecule has 0 aromatic heterocycles. The van der Waals surface area contributed by atoms with Crippen molar-refractivity contribution in [3.05, 3.63) is 0 Å². The van der Waals surface area contributed by atoms with Gasteiger partial charge in [0.25, 0.3) is 0 Å². The Balaban J connectivity index is 2.37. The van der Waals surface area contributed by atoms with Crippen molar-refractivity contribution >= 4 is 34.5 Å². The Kier molecular flexibility index (Phi) is 5.90. The average Bonchev–Trinajstić information content (AvgIpc) is 2.83. The van der Waals surface area contributed by atoms with E-state index >= 15 is 0 Å². The van der Waals surface area contributed by atoms with E-state index in [4.69, 9.17) is 4.74 Å². The predicted octanol–water partition coefficient (Wildman–Crippen LogP) is 4.04. The lowest BCUT2D eigenvalue weighted by Crippen LogP contribution is -2.62. The summed E-state index contributed by atoms with van der Waals surface area (Å²) < 4.78 is 6.69. The molecule has 0 saturated carbocycles. The summed E-state index contributed by atoms with van der Waals surface area (Å²) in [6, 6.07) is -0.181. The van der Waals surface area contributed by atoms with Crippen molar-refractivity contribution in [1.29, 1.82) is 0 Å². The minimum Gasteiger partial charge on any atom is -0.354 e. The standard InChI is InChI=1S/C18H31IN2O3/c1-7-12(2)14-11-24-18(5,6)21(14)16(23)20-13(10-19)8-9-17(3,4)15(20)22/h12-14H,7-11H2,1-6H3/t12?,13-,14-/m1/s1. The number of carbonyl (C=O) groups excluding carboxylic acids is 2. The SMILES string of the molecule is CCC(C)[C@H]1COC(C)(C)N1C(=O)N1C(=O)C(C)(C)CC[C@@H]1CI. The molecular formula is C18H31IN2O3. The molecule has 2 saturated heterocycles. The highest BCUT2D eigenvalue weighted by molar-refractivity contribution is 14.1. The number of alkyl halides is 1. The fourth-order valence-corrected chi connectivity index (χ4v) is 4.49. The molecule has 0 aromatic rings. The van der Waals surface area contributed by atoms with Gasteiger partial charge < -0.3 is 4.74 Å². The molecule has 138 valence electrons. The number of halogens is 1. The zero-order valence-corrected chi connectivity index (χ0v) is 17.9. The van der Waals surface area contributed by atoms with Crippen molar-refractivity contribution in [2.45, 2.75) is 78.6 Å². The molecule has 2 fully saturated rings. The highest BCUT2D eigenvalue weighted by Crippen LogP contribution is 2.38. The number of imide groups is 1. The van der Waals surface area contributed by atoms with Gasteiger partial charge in [-0.05, 0) is 32.6 Å². The van der Waals surface area contributed by atoms with Crippen LogP contribution in [0.2, 0.25) is 0 Å². The summed E-state index contributed by atoms with van der Waals surface area (Å²) in [5.41, 5.74) is -1.16. The van der Waals surface area contributed by atoms with E-state index in [1.54, 1.807) is 0 Å². The molecule has 3 amide bonds. The van der Waals surface area contributed by atoms with E-state index in [1.807, 2.05) is 32.6 Å². The Labute approximate surface area is 159 Å². The first-order valence-corrected chi connectivity index (χ1v) is 10.5. The second kappa shape index (κ2) is 7.09. The van der Waals surface area contributed by atoms with Gasteiger partial charge in [-0.15, -0.1) is 0 Å².